The van der Waals surface area contributed by atoms with Crippen molar-refractivity contribution in [3.63, 3.8) is 0 Å². The molecule has 5 nitrogen and oxygen atoms in total. The van der Waals surface area contributed by atoms with Crippen LogP contribution in [-0.4, -0.2) is 27.1 Å². The molecule has 1 heterocycles. The Kier molecular flexibility index (Phi) is 5.10. The van der Waals surface area contributed by atoms with E-state index in [1.807, 2.05) is 49.6 Å². The second-order valence-electron chi connectivity index (χ2n) is 6.78. The van der Waals surface area contributed by atoms with Gasteiger partial charge < -0.3 is 5.32 Å². The van der Waals surface area contributed by atoms with Crippen molar-refractivity contribution in [1.29, 1.82) is 0 Å². The number of nitrogens with zero attached hydrogens (tertiary/aromatic N) is 1. The van der Waals surface area contributed by atoms with E-state index in [0.29, 0.717) is 16.9 Å². The maximum absolute atomic E-state index is 13.3. The summed E-state index contributed by atoms with van der Waals surface area (Å²) in [7, 11) is -3.84. The van der Waals surface area contributed by atoms with E-state index in [4.69, 9.17) is 0 Å². The Morgan fingerprint density at radius 1 is 1.00 bits per heavy atom. The monoisotopic (exact) mass is 424 g/mol. The molecule has 0 aliphatic carbocycles. The summed E-state index contributed by atoms with van der Waals surface area (Å²) in [6.45, 7) is 1.66. The zero-order valence-electron chi connectivity index (χ0n) is 16.0. The molecule has 148 valence electrons. The van der Waals surface area contributed by atoms with Gasteiger partial charge in [0.15, 0.2) is 0 Å². The Morgan fingerprint density at radius 2 is 1.72 bits per heavy atom. The maximum Gasteiger partial charge on any atom is 0.265 e. The highest BCUT2D eigenvalue weighted by molar-refractivity contribution is 7.98. The molecule has 0 bridgehead atoms. The molecule has 0 saturated carbocycles. The van der Waals surface area contributed by atoms with E-state index in [0.717, 1.165) is 16.0 Å². The molecule has 3 aromatic rings. The van der Waals surface area contributed by atoms with Crippen LogP contribution in [0.5, 0.6) is 0 Å². The lowest BCUT2D eigenvalue weighted by Gasteiger charge is -2.32. The first-order valence-electron chi connectivity index (χ1n) is 9.07. The van der Waals surface area contributed by atoms with Crippen molar-refractivity contribution in [2.24, 2.45) is 0 Å². The summed E-state index contributed by atoms with van der Waals surface area (Å²) in [4.78, 5) is 13.9. The van der Waals surface area contributed by atoms with E-state index >= 15 is 0 Å². The van der Waals surface area contributed by atoms with Crippen LogP contribution in [0.3, 0.4) is 0 Å². The van der Waals surface area contributed by atoms with Crippen molar-refractivity contribution < 1.29 is 13.2 Å². The van der Waals surface area contributed by atoms with E-state index in [-0.39, 0.29) is 17.3 Å². The highest BCUT2D eigenvalue weighted by atomic mass is 32.2. The third kappa shape index (κ3) is 3.52. The van der Waals surface area contributed by atoms with Crippen LogP contribution in [0.1, 0.15) is 5.56 Å². The number of anilines is 2. The summed E-state index contributed by atoms with van der Waals surface area (Å²) in [6.07, 6.45) is 1.93. The van der Waals surface area contributed by atoms with Crippen LogP contribution in [0.4, 0.5) is 11.4 Å². The molecule has 4 rings (SSSR count). The molecule has 0 atom stereocenters. The van der Waals surface area contributed by atoms with Gasteiger partial charge in [-0.05, 0) is 43.5 Å². The van der Waals surface area contributed by atoms with Crippen LogP contribution >= 0.6 is 11.8 Å². The molecule has 0 spiro atoms. The van der Waals surface area contributed by atoms with Gasteiger partial charge in [-0.15, -0.1) is 11.8 Å². The predicted molar refractivity (Wildman–Crippen MR) is 118 cm³/mol. The number of hydrogen-bond donors (Lipinski definition) is 1. The summed E-state index contributed by atoms with van der Waals surface area (Å²) in [5.74, 6) is -0.388. The van der Waals surface area contributed by atoms with Crippen molar-refractivity contribution in [3.8, 4) is 11.1 Å². The molecule has 1 aliphatic heterocycles. The average Bonchev–Trinajstić information content (AvgIpc) is 2.72. The van der Waals surface area contributed by atoms with Crippen LogP contribution in [-0.2, 0) is 14.8 Å². The Bertz CT molecular complexity index is 1210. The van der Waals surface area contributed by atoms with Gasteiger partial charge in [0.1, 0.15) is 6.54 Å². The zero-order valence-corrected chi connectivity index (χ0v) is 17.7. The minimum atomic E-state index is -3.84. The second kappa shape index (κ2) is 7.57. The lowest BCUT2D eigenvalue weighted by atomic mass is 10.0. The first-order chi connectivity index (χ1) is 13.9. The molecule has 29 heavy (non-hydrogen) atoms. The first-order valence-corrected chi connectivity index (χ1v) is 11.7. The van der Waals surface area contributed by atoms with Gasteiger partial charge in [-0.25, -0.2) is 8.42 Å². The number of carbonyl (C=O) groups is 1. The van der Waals surface area contributed by atoms with E-state index in [9.17, 15) is 13.2 Å². The third-order valence-corrected chi connectivity index (χ3v) is 7.45. The normalized spacial score (nSPS) is 14.1. The Hall–Kier alpha value is -2.77. The number of carbonyl (C=O) groups excluding carboxylic acids is 1. The number of para-hydroxylation sites is 1. The van der Waals surface area contributed by atoms with E-state index < -0.39 is 10.0 Å². The van der Waals surface area contributed by atoms with Gasteiger partial charge in [-0.1, -0.05) is 42.0 Å². The van der Waals surface area contributed by atoms with Crippen LogP contribution in [0.25, 0.3) is 11.1 Å². The number of rotatable bonds is 4. The SMILES string of the molecule is CSc1ccccc1NC(=O)CN1c2ccc(C)cc2-c2ccccc2S1(=O)=O. The fourth-order valence-corrected chi connectivity index (χ4v) is 5.69. The second-order valence-corrected chi connectivity index (χ2v) is 9.46. The number of benzene rings is 3. The van der Waals surface area contributed by atoms with Crippen LogP contribution in [0, 0.1) is 6.92 Å². The molecule has 0 fully saturated rings. The van der Waals surface area contributed by atoms with E-state index in [1.165, 1.54) is 16.1 Å². The molecule has 0 radical (unpaired) electrons. The average molecular weight is 425 g/mol. The van der Waals surface area contributed by atoms with Gasteiger partial charge in [0.05, 0.1) is 16.3 Å². The molecule has 1 aliphatic rings. The van der Waals surface area contributed by atoms with Crippen LogP contribution < -0.4 is 9.62 Å². The van der Waals surface area contributed by atoms with Gasteiger partial charge in [0.25, 0.3) is 10.0 Å². The van der Waals surface area contributed by atoms with Gasteiger partial charge in [0.2, 0.25) is 5.91 Å². The number of aryl methyl sites for hydroxylation is 1. The number of amides is 1. The molecule has 0 unspecified atom stereocenters. The number of nitrogens with one attached hydrogen (secondary N) is 1. The quantitative estimate of drug-likeness (QED) is 0.625. The molecule has 1 amide bonds. The van der Waals surface area contributed by atoms with Crippen LogP contribution in [0.15, 0.2) is 76.5 Å². The molecule has 0 saturated heterocycles. The number of fused-ring (bicyclic) bond motifs is 3. The summed E-state index contributed by atoms with van der Waals surface area (Å²) < 4.78 is 27.8. The van der Waals surface area contributed by atoms with Crippen molar-refractivity contribution in [2.45, 2.75) is 16.7 Å². The van der Waals surface area contributed by atoms with Gasteiger partial charge in [-0.2, -0.15) is 0 Å². The maximum atomic E-state index is 13.3. The number of hydrogen-bond acceptors (Lipinski definition) is 4. The van der Waals surface area contributed by atoms with Crippen molar-refractivity contribution in [3.05, 3.63) is 72.3 Å². The lowest BCUT2D eigenvalue weighted by molar-refractivity contribution is -0.114. The van der Waals surface area contributed by atoms with Crippen molar-refractivity contribution in [1.82, 2.24) is 0 Å². The Labute approximate surface area is 174 Å². The Morgan fingerprint density at radius 3 is 2.52 bits per heavy atom. The summed E-state index contributed by atoms with van der Waals surface area (Å²) >= 11 is 1.52. The highest BCUT2D eigenvalue weighted by Crippen LogP contribution is 2.43. The van der Waals surface area contributed by atoms with Crippen LogP contribution in [0.2, 0.25) is 0 Å². The van der Waals surface area contributed by atoms with Gasteiger partial charge in [0, 0.05) is 16.0 Å². The van der Waals surface area contributed by atoms with Gasteiger partial charge in [-0.3, -0.25) is 9.10 Å². The highest BCUT2D eigenvalue weighted by Gasteiger charge is 2.35. The Balaban J connectivity index is 1.73. The largest absolute Gasteiger partial charge is 0.323 e. The number of sulfonamides is 1. The molecule has 3 aromatic carbocycles. The zero-order chi connectivity index (χ0) is 20.6. The smallest absolute Gasteiger partial charge is 0.265 e. The summed E-state index contributed by atoms with van der Waals surface area (Å²) in [6, 6.07) is 19.9. The standard InChI is InChI=1S/C22H20N2O3S2/c1-15-11-12-19-17(13-15)16-7-3-6-10-21(16)29(26,27)24(19)14-22(25)23-18-8-4-5-9-20(18)28-2/h3-13H,14H2,1-2H3,(H,23,25). The molecule has 7 heteroatoms. The fourth-order valence-electron chi connectivity index (χ4n) is 3.48. The molecule has 1 N–H and O–H groups in total. The van der Waals surface area contributed by atoms with Gasteiger partial charge >= 0.3 is 0 Å². The fraction of sp³-hybridized carbons (Fsp3) is 0.136. The first kappa shape index (κ1) is 19.5. The van der Waals surface area contributed by atoms with E-state index in [2.05, 4.69) is 5.32 Å². The topological polar surface area (TPSA) is 66.5 Å². The minimum Gasteiger partial charge on any atom is -0.323 e. The molecular weight excluding hydrogens is 404 g/mol. The molecular formula is C22H20N2O3S2. The number of thioether (sulfide) groups is 1. The van der Waals surface area contributed by atoms with Crippen molar-refractivity contribution in [2.75, 3.05) is 22.4 Å². The minimum absolute atomic E-state index is 0.218. The van der Waals surface area contributed by atoms with Crippen molar-refractivity contribution >= 4 is 39.1 Å². The lowest BCUT2D eigenvalue weighted by Crippen LogP contribution is -2.40. The molecule has 0 aromatic heterocycles. The summed E-state index contributed by atoms with van der Waals surface area (Å²) in [5, 5.41) is 2.85. The summed E-state index contributed by atoms with van der Waals surface area (Å²) in [5.41, 5.74) is 3.69. The predicted octanol–water partition coefficient (Wildman–Crippen LogP) is 4.53. The third-order valence-electron chi connectivity index (χ3n) is 4.83. The van der Waals surface area contributed by atoms with E-state index in [1.54, 1.807) is 30.3 Å².